The van der Waals surface area contributed by atoms with Crippen LogP contribution in [0.15, 0.2) is 11.6 Å². The van der Waals surface area contributed by atoms with Gasteiger partial charge in [-0.15, -0.1) is 0 Å². The number of carbonyl (C=O) groups excluding carboxylic acids is 2. The molecule has 3 aliphatic rings. The lowest BCUT2D eigenvalue weighted by molar-refractivity contribution is -0.230. The maximum atomic E-state index is 12.3. The lowest BCUT2D eigenvalue weighted by Gasteiger charge is -2.67. The van der Waals surface area contributed by atoms with E-state index < -0.39 is 16.6 Å². The fourth-order valence-electron chi connectivity index (χ4n) is 5.99. The second-order valence-corrected chi connectivity index (χ2v) is 22.7. The number of esters is 2. The van der Waals surface area contributed by atoms with E-state index in [1.807, 2.05) is 6.08 Å². The summed E-state index contributed by atoms with van der Waals surface area (Å²) in [5.41, 5.74) is 0.0599. The Morgan fingerprint density at radius 1 is 1.11 bits per heavy atom. The van der Waals surface area contributed by atoms with Crippen molar-refractivity contribution in [3.05, 3.63) is 11.6 Å². The molecule has 0 saturated heterocycles. The molecule has 5 atom stereocenters. The van der Waals surface area contributed by atoms with Crippen LogP contribution in [0.5, 0.6) is 0 Å². The number of methoxy groups -OCH3 is 1. The highest BCUT2D eigenvalue weighted by Gasteiger charge is 2.66. The van der Waals surface area contributed by atoms with Crippen LogP contribution in [0.3, 0.4) is 0 Å². The molecule has 3 aliphatic carbocycles. The summed E-state index contributed by atoms with van der Waals surface area (Å²) >= 11 is 0. The maximum Gasteiger partial charge on any atom is 0.333 e. The Balaban J connectivity index is 2.51. The lowest BCUT2D eigenvalue weighted by atomic mass is 9.42. The van der Waals surface area contributed by atoms with Gasteiger partial charge in [-0.3, -0.25) is 4.79 Å². The van der Waals surface area contributed by atoms with Crippen molar-refractivity contribution in [3.63, 3.8) is 0 Å². The Kier molecular flexibility index (Phi) is 9.01. The molecule has 8 heteroatoms. The highest BCUT2D eigenvalue weighted by Crippen LogP contribution is 2.66. The van der Waals surface area contributed by atoms with Crippen molar-refractivity contribution >= 4 is 28.6 Å². The topological polar surface area (TPSA) is 71.1 Å². The van der Waals surface area contributed by atoms with Crippen LogP contribution in [-0.2, 0) is 27.9 Å². The molecule has 3 fully saturated rings. The van der Waals surface area contributed by atoms with Crippen molar-refractivity contribution in [2.75, 3.05) is 13.7 Å². The fraction of sp³-hybridized carbons (Fsp3) is 0.852. The second kappa shape index (κ2) is 10.4. The summed E-state index contributed by atoms with van der Waals surface area (Å²) in [4.78, 5) is 24.3. The molecule has 0 amide bonds. The van der Waals surface area contributed by atoms with E-state index in [4.69, 9.17) is 18.3 Å². The molecule has 6 nitrogen and oxygen atoms in total. The van der Waals surface area contributed by atoms with Crippen LogP contribution >= 0.6 is 0 Å². The van der Waals surface area contributed by atoms with Crippen LogP contribution in [-0.4, -0.2) is 54.0 Å². The van der Waals surface area contributed by atoms with Gasteiger partial charge >= 0.3 is 11.9 Å². The Labute approximate surface area is 215 Å². The summed E-state index contributed by atoms with van der Waals surface area (Å²) in [6.07, 6.45) is 5.51. The van der Waals surface area contributed by atoms with E-state index >= 15 is 0 Å². The zero-order chi connectivity index (χ0) is 27.0. The van der Waals surface area contributed by atoms with E-state index in [-0.39, 0.29) is 40.0 Å². The number of carbonyl (C=O) groups is 2. The van der Waals surface area contributed by atoms with Crippen LogP contribution in [0.4, 0.5) is 0 Å². The highest BCUT2D eigenvalue weighted by molar-refractivity contribution is 6.74. The van der Waals surface area contributed by atoms with Crippen molar-refractivity contribution in [3.8, 4) is 0 Å². The van der Waals surface area contributed by atoms with Crippen LogP contribution in [0.1, 0.15) is 67.2 Å². The van der Waals surface area contributed by atoms with E-state index in [1.54, 1.807) is 6.92 Å². The normalized spacial score (nSPS) is 30.3. The molecule has 0 radical (unpaired) electrons. The summed E-state index contributed by atoms with van der Waals surface area (Å²) < 4.78 is 24.5. The molecule has 3 rings (SSSR count). The summed E-state index contributed by atoms with van der Waals surface area (Å²) in [6, 6.07) is 0. The van der Waals surface area contributed by atoms with E-state index in [2.05, 4.69) is 60.4 Å². The van der Waals surface area contributed by atoms with Gasteiger partial charge in [0.05, 0.1) is 25.4 Å². The van der Waals surface area contributed by atoms with E-state index in [0.29, 0.717) is 24.5 Å². The Hall–Kier alpha value is -0.966. The average molecular weight is 527 g/mol. The first-order valence-corrected chi connectivity index (χ1v) is 19.4. The minimum atomic E-state index is -2.15. The first kappa shape index (κ1) is 30.3. The van der Waals surface area contributed by atoms with Gasteiger partial charge in [-0.2, -0.15) is 0 Å². The number of rotatable bonds is 10. The summed E-state index contributed by atoms with van der Waals surface area (Å²) in [5.74, 6) is 0.119. The fourth-order valence-corrected chi connectivity index (χ4v) is 8.90. The van der Waals surface area contributed by atoms with Crippen molar-refractivity contribution in [1.29, 1.82) is 0 Å². The van der Waals surface area contributed by atoms with Gasteiger partial charge < -0.3 is 18.3 Å². The molecule has 0 unspecified atom stereocenters. The molecule has 202 valence electrons. The monoisotopic (exact) mass is 526 g/mol. The first-order valence-electron chi connectivity index (χ1n) is 13.0. The molecular weight excluding hydrogens is 476 g/mol. The smallest absolute Gasteiger partial charge is 0.333 e. The third kappa shape index (κ3) is 6.87. The Bertz CT molecular complexity index is 823. The minimum Gasteiger partial charge on any atom is -0.466 e. The summed E-state index contributed by atoms with van der Waals surface area (Å²) in [7, 11) is -2.54. The molecule has 0 spiro atoms. The number of hydrogen-bond acceptors (Lipinski definition) is 6. The van der Waals surface area contributed by atoms with Crippen LogP contribution in [0.25, 0.3) is 0 Å². The Morgan fingerprint density at radius 2 is 1.71 bits per heavy atom. The molecule has 2 bridgehead atoms. The van der Waals surface area contributed by atoms with Crippen LogP contribution < -0.4 is 0 Å². The minimum absolute atomic E-state index is 0.0201. The van der Waals surface area contributed by atoms with Gasteiger partial charge in [0.2, 0.25) is 0 Å². The Morgan fingerprint density at radius 3 is 2.17 bits per heavy atom. The summed E-state index contributed by atoms with van der Waals surface area (Å²) in [6.45, 7) is 23.7. The van der Waals surface area contributed by atoms with E-state index in [0.717, 1.165) is 19.3 Å². The molecular formula is C27H50O6Si2. The predicted octanol–water partition coefficient (Wildman–Crippen LogP) is 6.48. The molecule has 0 aromatic heterocycles. The van der Waals surface area contributed by atoms with Crippen molar-refractivity contribution in [2.45, 2.75) is 117 Å². The highest BCUT2D eigenvalue weighted by atomic mass is 28.4. The van der Waals surface area contributed by atoms with Gasteiger partial charge in [0, 0.05) is 17.9 Å². The predicted molar refractivity (Wildman–Crippen MR) is 145 cm³/mol. The van der Waals surface area contributed by atoms with Crippen LogP contribution in [0, 0.1) is 17.3 Å². The van der Waals surface area contributed by atoms with Crippen molar-refractivity contribution in [1.82, 2.24) is 0 Å². The SMILES string of the molecule is COC(=O)/C(C)=C/[C@H](C[C@]1(COC(C)=O)[C@H]2CC[C@@](C)(O[Si](C)(C)C)[C@@H]1C2)O[Si](C)(C)C(C)(C)C. The lowest BCUT2D eigenvalue weighted by Crippen LogP contribution is -2.67. The quantitative estimate of drug-likeness (QED) is 0.184. The average Bonchev–Trinajstić information content (AvgIpc) is 2.66. The molecule has 0 aliphatic heterocycles. The molecule has 0 N–H and O–H groups in total. The van der Waals surface area contributed by atoms with Gasteiger partial charge in [0.1, 0.15) is 0 Å². The number of hydrogen-bond donors (Lipinski definition) is 0. The molecule has 0 aromatic carbocycles. The van der Waals surface area contributed by atoms with Gasteiger partial charge in [0.25, 0.3) is 0 Å². The first-order chi connectivity index (χ1) is 15.8. The zero-order valence-electron chi connectivity index (χ0n) is 24.3. The number of fused-ring (bicyclic) bond motifs is 2. The molecule has 0 heterocycles. The van der Waals surface area contributed by atoms with E-state index in [9.17, 15) is 9.59 Å². The number of ether oxygens (including phenoxy) is 2. The maximum absolute atomic E-state index is 12.3. The summed E-state index contributed by atoms with van der Waals surface area (Å²) in [5, 5.41) is 0.0201. The van der Waals surface area contributed by atoms with Gasteiger partial charge in [-0.1, -0.05) is 20.8 Å². The van der Waals surface area contributed by atoms with Crippen molar-refractivity contribution in [2.24, 2.45) is 17.3 Å². The van der Waals surface area contributed by atoms with Gasteiger partial charge in [-0.05, 0) is 95.2 Å². The third-order valence-electron chi connectivity index (χ3n) is 8.61. The standard InChI is InChI=1S/C27H50O6Si2/c1-19(24(29)30-7)15-22(32-35(11,12)25(3,4)5)17-27(18-31-20(2)28)21-13-14-26(6,23(27)16-21)33-34(8,9)10/h15,21-23H,13-14,16-18H2,1-12H3/b19-15+/t21-,22+,23-,26+,27-/m0/s1. The van der Waals surface area contributed by atoms with Crippen molar-refractivity contribution < 1.29 is 27.9 Å². The molecule has 0 aromatic rings. The zero-order valence-corrected chi connectivity index (χ0v) is 26.3. The third-order valence-corrected chi connectivity index (χ3v) is 14.2. The largest absolute Gasteiger partial charge is 0.466 e. The van der Waals surface area contributed by atoms with Gasteiger partial charge in [0.15, 0.2) is 16.6 Å². The molecule has 3 saturated carbocycles. The van der Waals surface area contributed by atoms with Gasteiger partial charge in [-0.25, -0.2) is 4.79 Å². The van der Waals surface area contributed by atoms with E-state index in [1.165, 1.54) is 14.0 Å². The molecule has 35 heavy (non-hydrogen) atoms. The van der Waals surface area contributed by atoms with Crippen LogP contribution in [0.2, 0.25) is 37.8 Å². The second-order valence-electron chi connectivity index (χ2n) is 13.5.